The second-order valence-corrected chi connectivity index (χ2v) is 6.26. The van der Waals surface area contributed by atoms with Crippen molar-refractivity contribution in [3.8, 4) is 0 Å². The summed E-state index contributed by atoms with van der Waals surface area (Å²) < 4.78 is 1.09. The molecule has 0 radical (unpaired) electrons. The molecule has 0 amide bonds. The average molecular weight is 362 g/mol. The van der Waals surface area contributed by atoms with Gasteiger partial charge in [0.15, 0.2) is 0 Å². The van der Waals surface area contributed by atoms with Crippen LogP contribution in [0.4, 0.5) is 5.82 Å². The van der Waals surface area contributed by atoms with Crippen LogP contribution in [0.15, 0.2) is 16.7 Å². The summed E-state index contributed by atoms with van der Waals surface area (Å²) in [4.78, 5) is 7.04. The fourth-order valence-corrected chi connectivity index (χ4v) is 3.16. The number of piperidine rings is 1. The summed E-state index contributed by atoms with van der Waals surface area (Å²) in [5.74, 6) is 1.14. The second-order valence-electron chi connectivity index (χ2n) is 4.61. The molecular formula is C13H18Br2N2. The molecular weight excluding hydrogens is 344 g/mol. The summed E-state index contributed by atoms with van der Waals surface area (Å²) in [6.07, 6.45) is 7.06. The summed E-state index contributed by atoms with van der Waals surface area (Å²) in [5.41, 5.74) is 1.26. The number of aryl methyl sites for hydroxylation is 1. The van der Waals surface area contributed by atoms with Crippen LogP contribution in [0.25, 0.3) is 0 Å². The molecule has 0 saturated carbocycles. The van der Waals surface area contributed by atoms with Gasteiger partial charge in [0.2, 0.25) is 0 Å². The summed E-state index contributed by atoms with van der Waals surface area (Å²) in [6.45, 7) is 3.27. The Balaban J connectivity index is 2.20. The van der Waals surface area contributed by atoms with E-state index in [2.05, 4.69) is 54.7 Å². The van der Waals surface area contributed by atoms with Crippen LogP contribution in [-0.4, -0.2) is 22.9 Å². The van der Waals surface area contributed by atoms with Crippen LogP contribution in [0.3, 0.4) is 0 Å². The molecule has 1 aromatic rings. The molecule has 94 valence electrons. The Morgan fingerprint density at radius 3 is 3.00 bits per heavy atom. The van der Waals surface area contributed by atoms with Crippen LogP contribution in [0.1, 0.15) is 31.2 Å². The van der Waals surface area contributed by atoms with E-state index < -0.39 is 0 Å². The highest BCUT2D eigenvalue weighted by Gasteiger charge is 2.23. The fourth-order valence-electron chi connectivity index (χ4n) is 2.41. The van der Waals surface area contributed by atoms with E-state index in [1.165, 1.54) is 31.2 Å². The van der Waals surface area contributed by atoms with E-state index in [0.29, 0.717) is 6.04 Å². The number of anilines is 1. The fraction of sp³-hybridized carbons (Fsp3) is 0.615. The van der Waals surface area contributed by atoms with Gasteiger partial charge in [-0.1, -0.05) is 15.9 Å². The minimum Gasteiger partial charge on any atom is -0.354 e. The molecule has 1 aromatic heterocycles. The lowest BCUT2D eigenvalue weighted by molar-refractivity contribution is 0.449. The van der Waals surface area contributed by atoms with Gasteiger partial charge in [-0.15, -0.1) is 0 Å². The van der Waals surface area contributed by atoms with E-state index in [4.69, 9.17) is 0 Å². The van der Waals surface area contributed by atoms with E-state index in [-0.39, 0.29) is 0 Å². The van der Waals surface area contributed by atoms with E-state index in [9.17, 15) is 0 Å². The third kappa shape index (κ3) is 3.22. The van der Waals surface area contributed by atoms with Crippen LogP contribution < -0.4 is 4.90 Å². The van der Waals surface area contributed by atoms with Crippen molar-refractivity contribution in [3.05, 3.63) is 22.3 Å². The molecule has 1 fully saturated rings. The van der Waals surface area contributed by atoms with Crippen molar-refractivity contribution in [1.82, 2.24) is 4.98 Å². The molecule has 2 nitrogen and oxygen atoms in total. The molecule has 0 spiro atoms. The third-order valence-corrected chi connectivity index (χ3v) is 4.68. The van der Waals surface area contributed by atoms with Gasteiger partial charge in [-0.25, -0.2) is 4.98 Å². The summed E-state index contributed by atoms with van der Waals surface area (Å²) >= 11 is 7.07. The number of hydrogen-bond acceptors (Lipinski definition) is 2. The number of pyridine rings is 1. The Bertz CT molecular complexity index is 380. The van der Waals surface area contributed by atoms with Crippen molar-refractivity contribution in [2.45, 2.75) is 38.6 Å². The van der Waals surface area contributed by atoms with E-state index in [1.54, 1.807) is 0 Å². The monoisotopic (exact) mass is 360 g/mol. The maximum absolute atomic E-state index is 4.56. The molecule has 4 heteroatoms. The van der Waals surface area contributed by atoms with Gasteiger partial charge >= 0.3 is 0 Å². The lowest BCUT2D eigenvalue weighted by Gasteiger charge is -2.36. The maximum Gasteiger partial charge on any atom is 0.129 e. The second kappa shape index (κ2) is 6.19. The van der Waals surface area contributed by atoms with Crippen LogP contribution in [-0.2, 0) is 0 Å². The van der Waals surface area contributed by atoms with Gasteiger partial charge in [0.1, 0.15) is 5.82 Å². The number of rotatable bonds is 3. The SMILES string of the molecule is Cc1cc(N2CCCCC2CCBr)ncc1Br. The predicted molar refractivity (Wildman–Crippen MR) is 80.1 cm³/mol. The van der Waals surface area contributed by atoms with Crippen molar-refractivity contribution in [2.75, 3.05) is 16.8 Å². The quantitative estimate of drug-likeness (QED) is 0.746. The summed E-state index contributed by atoms with van der Waals surface area (Å²) in [5, 5.41) is 1.07. The first kappa shape index (κ1) is 13.3. The van der Waals surface area contributed by atoms with Gasteiger partial charge in [-0.2, -0.15) is 0 Å². The van der Waals surface area contributed by atoms with Crippen LogP contribution in [0.5, 0.6) is 0 Å². The van der Waals surface area contributed by atoms with Gasteiger partial charge in [0.25, 0.3) is 0 Å². The predicted octanol–water partition coefficient (Wildman–Crippen LogP) is 4.30. The van der Waals surface area contributed by atoms with Gasteiger partial charge in [-0.05, 0) is 60.2 Å². The maximum atomic E-state index is 4.56. The zero-order valence-corrected chi connectivity index (χ0v) is 13.3. The molecule has 2 rings (SSSR count). The lowest BCUT2D eigenvalue weighted by Crippen LogP contribution is -2.40. The first-order chi connectivity index (χ1) is 8.22. The normalized spacial score (nSPS) is 20.6. The molecule has 0 bridgehead atoms. The smallest absolute Gasteiger partial charge is 0.129 e. The number of aromatic nitrogens is 1. The minimum absolute atomic E-state index is 0.649. The van der Waals surface area contributed by atoms with Crippen LogP contribution in [0.2, 0.25) is 0 Å². The number of halogens is 2. The summed E-state index contributed by atoms with van der Waals surface area (Å²) in [7, 11) is 0. The number of hydrogen-bond donors (Lipinski definition) is 0. The molecule has 1 saturated heterocycles. The third-order valence-electron chi connectivity index (χ3n) is 3.40. The Morgan fingerprint density at radius 1 is 1.47 bits per heavy atom. The topological polar surface area (TPSA) is 16.1 Å². The van der Waals surface area contributed by atoms with Crippen molar-refractivity contribution in [2.24, 2.45) is 0 Å². The molecule has 0 N–H and O–H groups in total. The lowest BCUT2D eigenvalue weighted by atomic mass is 10.00. The highest BCUT2D eigenvalue weighted by molar-refractivity contribution is 9.10. The summed E-state index contributed by atoms with van der Waals surface area (Å²) in [6, 6.07) is 2.84. The highest BCUT2D eigenvalue weighted by Crippen LogP contribution is 2.27. The Morgan fingerprint density at radius 2 is 2.29 bits per heavy atom. The molecule has 1 aliphatic rings. The molecule has 1 atom stereocenters. The molecule has 2 heterocycles. The number of alkyl halides is 1. The van der Waals surface area contributed by atoms with Crippen LogP contribution >= 0.6 is 31.9 Å². The first-order valence-electron chi connectivity index (χ1n) is 6.17. The van der Waals surface area contributed by atoms with Crippen molar-refractivity contribution >= 4 is 37.7 Å². The Kier molecular flexibility index (Phi) is 4.86. The zero-order chi connectivity index (χ0) is 12.3. The average Bonchev–Trinajstić information content (AvgIpc) is 2.34. The van der Waals surface area contributed by atoms with Gasteiger partial charge < -0.3 is 4.90 Å². The van der Waals surface area contributed by atoms with Gasteiger partial charge in [-0.3, -0.25) is 0 Å². The standard InChI is InChI=1S/C13H18Br2N2/c1-10-8-13(16-9-12(10)15)17-7-3-2-4-11(17)5-6-14/h8-9,11H,2-7H2,1H3. The molecule has 1 aliphatic heterocycles. The van der Waals surface area contributed by atoms with Crippen molar-refractivity contribution < 1.29 is 0 Å². The van der Waals surface area contributed by atoms with E-state index in [1.807, 2.05) is 6.20 Å². The Labute approximate surface area is 120 Å². The van der Waals surface area contributed by atoms with E-state index in [0.717, 1.165) is 22.2 Å². The number of nitrogens with zero attached hydrogens (tertiary/aromatic N) is 2. The van der Waals surface area contributed by atoms with Crippen molar-refractivity contribution in [1.29, 1.82) is 0 Å². The van der Waals surface area contributed by atoms with Crippen molar-refractivity contribution in [3.63, 3.8) is 0 Å². The molecule has 0 aliphatic carbocycles. The molecule has 0 aromatic carbocycles. The van der Waals surface area contributed by atoms with Crippen LogP contribution in [0, 0.1) is 6.92 Å². The largest absolute Gasteiger partial charge is 0.354 e. The molecule has 1 unspecified atom stereocenters. The zero-order valence-electron chi connectivity index (χ0n) is 10.1. The molecule has 17 heavy (non-hydrogen) atoms. The first-order valence-corrected chi connectivity index (χ1v) is 8.08. The van der Waals surface area contributed by atoms with E-state index >= 15 is 0 Å². The van der Waals surface area contributed by atoms with Gasteiger partial charge in [0.05, 0.1) is 0 Å². The highest BCUT2D eigenvalue weighted by atomic mass is 79.9. The van der Waals surface area contributed by atoms with Gasteiger partial charge in [0, 0.05) is 28.6 Å². The minimum atomic E-state index is 0.649. The Hall–Kier alpha value is -0.0900.